The summed E-state index contributed by atoms with van der Waals surface area (Å²) in [4.78, 5) is 5.08. The molecule has 0 radical (unpaired) electrons. The van der Waals surface area contributed by atoms with Crippen molar-refractivity contribution in [3.8, 4) is 0 Å². The SMILES string of the molecule is CCCCOCCOCCN1CCN(Cc2ccc(CCC)cc2)CC1. The van der Waals surface area contributed by atoms with E-state index in [1.54, 1.807) is 0 Å². The number of nitrogens with zero attached hydrogens (tertiary/aromatic N) is 2. The quantitative estimate of drug-likeness (QED) is 0.501. The van der Waals surface area contributed by atoms with E-state index in [9.17, 15) is 0 Å². The molecule has 0 N–H and O–H groups in total. The maximum Gasteiger partial charge on any atom is 0.0701 e. The molecule has 0 unspecified atom stereocenters. The van der Waals surface area contributed by atoms with Crippen molar-refractivity contribution in [1.29, 1.82) is 0 Å². The zero-order valence-corrected chi connectivity index (χ0v) is 16.9. The van der Waals surface area contributed by atoms with Crippen LogP contribution in [0.1, 0.15) is 44.2 Å². The summed E-state index contributed by atoms with van der Waals surface area (Å²) in [5.41, 5.74) is 2.89. The topological polar surface area (TPSA) is 24.9 Å². The molecule has 1 heterocycles. The van der Waals surface area contributed by atoms with Gasteiger partial charge in [-0.05, 0) is 24.0 Å². The van der Waals surface area contributed by atoms with E-state index >= 15 is 0 Å². The molecule has 1 aliphatic rings. The van der Waals surface area contributed by atoms with E-state index in [4.69, 9.17) is 9.47 Å². The molecule has 0 atom stereocenters. The largest absolute Gasteiger partial charge is 0.379 e. The standard InChI is InChI=1S/C22H38N2O2/c1-3-5-16-25-18-19-26-17-15-23-11-13-24(14-12-23)20-22-9-7-21(6-4-2)8-10-22/h7-10H,3-6,11-20H2,1-2H3. The number of piperazine rings is 1. The second-order valence-corrected chi connectivity index (χ2v) is 7.26. The lowest BCUT2D eigenvalue weighted by atomic mass is 10.1. The summed E-state index contributed by atoms with van der Waals surface area (Å²) in [7, 11) is 0. The minimum Gasteiger partial charge on any atom is -0.379 e. The van der Waals surface area contributed by atoms with Crippen LogP contribution in [0.4, 0.5) is 0 Å². The maximum atomic E-state index is 5.69. The molecule has 1 aromatic carbocycles. The molecule has 0 saturated carbocycles. The Morgan fingerprint density at radius 2 is 1.35 bits per heavy atom. The fraction of sp³-hybridized carbons (Fsp3) is 0.727. The van der Waals surface area contributed by atoms with Crippen molar-refractivity contribution in [3.63, 3.8) is 0 Å². The van der Waals surface area contributed by atoms with E-state index < -0.39 is 0 Å². The van der Waals surface area contributed by atoms with Gasteiger partial charge in [0.1, 0.15) is 0 Å². The lowest BCUT2D eigenvalue weighted by Gasteiger charge is -2.34. The molecule has 1 saturated heterocycles. The van der Waals surface area contributed by atoms with Crippen LogP contribution in [0.3, 0.4) is 0 Å². The number of hydrogen-bond donors (Lipinski definition) is 0. The van der Waals surface area contributed by atoms with E-state index in [0.717, 1.165) is 72.1 Å². The van der Waals surface area contributed by atoms with Crippen LogP contribution in [0.15, 0.2) is 24.3 Å². The summed E-state index contributed by atoms with van der Waals surface area (Å²) < 4.78 is 11.2. The molecule has 1 fully saturated rings. The average Bonchev–Trinajstić information content (AvgIpc) is 2.67. The highest BCUT2D eigenvalue weighted by atomic mass is 16.5. The van der Waals surface area contributed by atoms with Crippen molar-refractivity contribution >= 4 is 0 Å². The van der Waals surface area contributed by atoms with Crippen LogP contribution >= 0.6 is 0 Å². The third-order valence-corrected chi connectivity index (χ3v) is 5.00. The average molecular weight is 363 g/mol. The molecule has 1 aliphatic heterocycles. The first kappa shape index (κ1) is 21.4. The number of rotatable bonds is 13. The highest BCUT2D eigenvalue weighted by Gasteiger charge is 2.16. The van der Waals surface area contributed by atoms with Gasteiger partial charge >= 0.3 is 0 Å². The fourth-order valence-corrected chi connectivity index (χ4v) is 3.29. The Bertz CT molecular complexity index is 456. The lowest BCUT2D eigenvalue weighted by Crippen LogP contribution is -2.46. The number of unbranched alkanes of at least 4 members (excludes halogenated alkanes) is 1. The van der Waals surface area contributed by atoms with Crippen molar-refractivity contribution in [2.75, 3.05) is 59.2 Å². The second kappa shape index (κ2) is 13.3. The lowest BCUT2D eigenvalue weighted by molar-refractivity contribution is 0.0305. The van der Waals surface area contributed by atoms with Crippen LogP contribution in [0.25, 0.3) is 0 Å². The summed E-state index contributed by atoms with van der Waals surface area (Å²) in [6, 6.07) is 9.18. The van der Waals surface area contributed by atoms with Gasteiger partial charge in [-0.2, -0.15) is 0 Å². The van der Waals surface area contributed by atoms with E-state index in [-0.39, 0.29) is 0 Å². The Labute approximate surface area is 160 Å². The first-order valence-corrected chi connectivity index (χ1v) is 10.5. The predicted octanol–water partition coefficient (Wildman–Crippen LogP) is 3.59. The van der Waals surface area contributed by atoms with Gasteiger partial charge in [-0.1, -0.05) is 51.0 Å². The van der Waals surface area contributed by atoms with E-state index in [0.29, 0.717) is 0 Å². The molecule has 0 spiro atoms. The van der Waals surface area contributed by atoms with Gasteiger partial charge in [0.05, 0.1) is 19.8 Å². The molecule has 4 heteroatoms. The van der Waals surface area contributed by atoms with Crippen LogP contribution in [0, 0.1) is 0 Å². The van der Waals surface area contributed by atoms with Crippen LogP contribution in [0.2, 0.25) is 0 Å². The molecular weight excluding hydrogens is 324 g/mol. The molecule has 0 aliphatic carbocycles. The summed E-state index contributed by atoms with van der Waals surface area (Å²) in [6.45, 7) is 14.2. The molecule has 2 rings (SSSR count). The number of ether oxygens (including phenoxy) is 2. The minimum atomic E-state index is 0.720. The maximum absolute atomic E-state index is 5.69. The van der Waals surface area contributed by atoms with Crippen LogP contribution < -0.4 is 0 Å². The smallest absolute Gasteiger partial charge is 0.0701 e. The number of aryl methyl sites for hydroxylation is 1. The van der Waals surface area contributed by atoms with E-state index in [2.05, 4.69) is 47.9 Å². The van der Waals surface area contributed by atoms with Gasteiger partial charge in [0.25, 0.3) is 0 Å². The molecule has 0 bridgehead atoms. The Hall–Kier alpha value is -0.940. The highest BCUT2D eigenvalue weighted by Crippen LogP contribution is 2.11. The van der Waals surface area contributed by atoms with E-state index in [1.807, 2.05) is 0 Å². The Balaban J connectivity index is 1.52. The molecule has 4 nitrogen and oxygen atoms in total. The first-order chi connectivity index (χ1) is 12.8. The monoisotopic (exact) mass is 362 g/mol. The van der Waals surface area contributed by atoms with Gasteiger partial charge in [-0.3, -0.25) is 9.80 Å². The molecule has 0 amide bonds. The van der Waals surface area contributed by atoms with Crippen molar-refractivity contribution in [2.24, 2.45) is 0 Å². The summed E-state index contributed by atoms with van der Waals surface area (Å²) in [5.74, 6) is 0. The van der Waals surface area contributed by atoms with Gasteiger partial charge in [-0.15, -0.1) is 0 Å². The van der Waals surface area contributed by atoms with Crippen molar-refractivity contribution < 1.29 is 9.47 Å². The molecule has 26 heavy (non-hydrogen) atoms. The summed E-state index contributed by atoms with van der Waals surface area (Å²) in [5, 5.41) is 0. The van der Waals surface area contributed by atoms with Gasteiger partial charge in [0.2, 0.25) is 0 Å². The summed E-state index contributed by atoms with van der Waals surface area (Å²) >= 11 is 0. The first-order valence-electron chi connectivity index (χ1n) is 10.5. The third-order valence-electron chi connectivity index (χ3n) is 5.00. The van der Waals surface area contributed by atoms with Gasteiger partial charge in [0, 0.05) is 45.9 Å². The number of benzene rings is 1. The third kappa shape index (κ3) is 8.63. The van der Waals surface area contributed by atoms with Gasteiger partial charge < -0.3 is 9.47 Å². The Morgan fingerprint density at radius 1 is 0.731 bits per heavy atom. The second-order valence-electron chi connectivity index (χ2n) is 7.26. The summed E-state index contributed by atoms with van der Waals surface area (Å²) in [6.07, 6.45) is 4.74. The molecular formula is C22H38N2O2. The van der Waals surface area contributed by atoms with Crippen LogP contribution in [0.5, 0.6) is 0 Å². The predicted molar refractivity (Wildman–Crippen MR) is 109 cm³/mol. The highest BCUT2D eigenvalue weighted by molar-refractivity contribution is 5.22. The molecule has 1 aromatic rings. The van der Waals surface area contributed by atoms with Crippen molar-refractivity contribution in [1.82, 2.24) is 9.80 Å². The van der Waals surface area contributed by atoms with Gasteiger partial charge in [0.15, 0.2) is 0 Å². The van der Waals surface area contributed by atoms with E-state index in [1.165, 1.54) is 30.4 Å². The normalized spacial score (nSPS) is 16.2. The molecule has 0 aromatic heterocycles. The van der Waals surface area contributed by atoms with Crippen LogP contribution in [-0.2, 0) is 22.4 Å². The van der Waals surface area contributed by atoms with Crippen molar-refractivity contribution in [3.05, 3.63) is 35.4 Å². The Kier molecular flexibility index (Phi) is 10.9. The zero-order chi connectivity index (χ0) is 18.5. The molecule has 148 valence electrons. The Morgan fingerprint density at radius 3 is 2.00 bits per heavy atom. The minimum absolute atomic E-state index is 0.720. The fourth-order valence-electron chi connectivity index (χ4n) is 3.29. The van der Waals surface area contributed by atoms with Gasteiger partial charge in [-0.25, -0.2) is 0 Å². The zero-order valence-electron chi connectivity index (χ0n) is 16.9. The number of hydrogen-bond acceptors (Lipinski definition) is 4. The van der Waals surface area contributed by atoms with Crippen LogP contribution in [-0.4, -0.2) is 69.0 Å². The van der Waals surface area contributed by atoms with Crippen molar-refractivity contribution in [2.45, 2.75) is 46.1 Å².